The van der Waals surface area contributed by atoms with E-state index in [9.17, 15) is 14.4 Å². The summed E-state index contributed by atoms with van der Waals surface area (Å²) in [6.45, 7) is 7.08. The number of carbonyl (C=O) groups is 2. The molecule has 0 saturated carbocycles. The Hall–Kier alpha value is -2.47. The van der Waals surface area contributed by atoms with Crippen LogP contribution in [0.4, 0.5) is 0 Å². The number of pyridine rings is 1. The predicted octanol–water partition coefficient (Wildman–Crippen LogP) is 3.74. The molecule has 0 aliphatic rings. The molecule has 3 aromatic rings. The third-order valence-corrected chi connectivity index (χ3v) is 5.22. The number of benzene rings is 1. The smallest absolute Gasteiger partial charge is 0.338 e. The van der Waals surface area contributed by atoms with Crippen molar-refractivity contribution in [2.75, 3.05) is 6.61 Å². The quantitative estimate of drug-likeness (QED) is 0.580. The maximum atomic E-state index is 12.3. The summed E-state index contributed by atoms with van der Waals surface area (Å²) in [5.41, 5.74) is 2.35. The van der Waals surface area contributed by atoms with Crippen molar-refractivity contribution in [2.45, 2.75) is 27.7 Å². The van der Waals surface area contributed by atoms with Gasteiger partial charge >= 0.3 is 5.97 Å². The van der Waals surface area contributed by atoms with Crippen LogP contribution in [0, 0.1) is 13.8 Å². The number of esters is 1. The summed E-state index contributed by atoms with van der Waals surface area (Å²) in [7, 11) is 0. The number of rotatable bonds is 3. The topological polar surface area (TPSA) is 76.2 Å². The zero-order valence-electron chi connectivity index (χ0n) is 13.9. The van der Waals surface area contributed by atoms with Crippen molar-refractivity contribution in [3.63, 3.8) is 0 Å². The molecule has 1 N–H and O–H groups in total. The molecule has 0 radical (unpaired) electrons. The van der Waals surface area contributed by atoms with Crippen LogP contribution < -0.4 is 5.56 Å². The zero-order valence-corrected chi connectivity index (χ0v) is 14.7. The van der Waals surface area contributed by atoms with Gasteiger partial charge in [0.15, 0.2) is 5.78 Å². The van der Waals surface area contributed by atoms with Gasteiger partial charge in [0.05, 0.1) is 28.0 Å². The van der Waals surface area contributed by atoms with E-state index in [0.29, 0.717) is 22.0 Å². The molecule has 0 bridgehead atoms. The molecule has 0 spiro atoms. The predicted molar refractivity (Wildman–Crippen MR) is 95.4 cm³/mol. The van der Waals surface area contributed by atoms with Crippen molar-refractivity contribution in [3.8, 4) is 0 Å². The van der Waals surface area contributed by atoms with Gasteiger partial charge in [-0.1, -0.05) is 0 Å². The van der Waals surface area contributed by atoms with E-state index < -0.39 is 11.5 Å². The highest BCUT2D eigenvalue weighted by Crippen LogP contribution is 2.37. The molecule has 0 fully saturated rings. The Bertz CT molecular complexity index is 1060. The monoisotopic (exact) mass is 343 g/mol. The summed E-state index contributed by atoms with van der Waals surface area (Å²) in [6, 6.07) is 3.73. The summed E-state index contributed by atoms with van der Waals surface area (Å²) >= 11 is 1.46. The molecule has 2 heterocycles. The van der Waals surface area contributed by atoms with E-state index in [1.54, 1.807) is 19.9 Å². The molecule has 0 amide bonds. The lowest BCUT2D eigenvalue weighted by atomic mass is 10.0. The van der Waals surface area contributed by atoms with Crippen molar-refractivity contribution in [1.82, 2.24) is 4.98 Å². The number of ether oxygens (including phenoxy) is 1. The molecule has 0 unspecified atom stereocenters. The van der Waals surface area contributed by atoms with Gasteiger partial charge in [0.1, 0.15) is 0 Å². The van der Waals surface area contributed by atoms with Crippen LogP contribution in [0.15, 0.2) is 16.9 Å². The molecular formula is C18H17NO4S. The number of hydrogen-bond acceptors (Lipinski definition) is 5. The Kier molecular flexibility index (Phi) is 4.01. The minimum Gasteiger partial charge on any atom is -0.462 e. The molecule has 2 aromatic heterocycles. The largest absolute Gasteiger partial charge is 0.462 e. The van der Waals surface area contributed by atoms with Crippen molar-refractivity contribution < 1.29 is 14.3 Å². The number of aryl methyl sites for hydroxylation is 2. The number of aromatic nitrogens is 1. The Morgan fingerprint density at radius 1 is 1.25 bits per heavy atom. The van der Waals surface area contributed by atoms with Crippen LogP contribution in [0.1, 0.15) is 45.7 Å². The Morgan fingerprint density at radius 3 is 2.58 bits per heavy atom. The number of aromatic amines is 1. The number of carbonyl (C=O) groups excluding carboxylic acids is 2. The van der Waals surface area contributed by atoms with Crippen LogP contribution in [-0.2, 0) is 4.74 Å². The number of thiophene rings is 1. The van der Waals surface area contributed by atoms with Crippen molar-refractivity contribution in [3.05, 3.63) is 44.7 Å². The first kappa shape index (κ1) is 16.4. The molecular weight excluding hydrogens is 326 g/mol. The highest BCUT2D eigenvalue weighted by Gasteiger charge is 2.21. The lowest BCUT2D eigenvalue weighted by molar-refractivity contribution is 0.0528. The fourth-order valence-corrected chi connectivity index (χ4v) is 4.29. The standard InChI is InChI=1S/C18H17NO4S/c1-5-23-18(22)11-6-8(2)7-12-14(11)15-16(24-12)9(3)13(10(4)20)17(21)19-15/h6-7H,5H2,1-4H3,(H,19,21). The normalized spacial score (nSPS) is 11.2. The Morgan fingerprint density at radius 2 is 1.96 bits per heavy atom. The molecule has 124 valence electrons. The lowest BCUT2D eigenvalue weighted by Crippen LogP contribution is -2.17. The molecule has 5 nitrogen and oxygen atoms in total. The summed E-state index contributed by atoms with van der Waals surface area (Å²) in [6.07, 6.45) is 0. The van der Waals surface area contributed by atoms with Crippen molar-refractivity contribution in [2.24, 2.45) is 0 Å². The maximum Gasteiger partial charge on any atom is 0.338 e. The van der Waals surface area contributed by atoms with Gasteiger partial charge in [0.25, 0.3) is 5.56 Å². The van der Waals surface area contributed by atoms with E-state index in [1.165, 1.54) is 18.3 Å². The lowest BCUT2D eigenvalue weighted by Gasteiger charge is -2.06. The van der Waals surface area contributed by atoms with Crippen LogP contribution in [-0.4, -0.2) is 23.3 Å². The Balaban J connectivity index is 2.48. The second-order valence-corrected chi connectivity index (χ2v) is 6.77. The summed E-state index contributed by atoms with van der Waals surface area (Å²) in [5.74, 6) is -0.685. The second kappa shape index (κ2) is 5.87. The summed E-state index contributed by atoms with van der Waals surface area (Å²) in [5, 5.41) is 0.675. The first-order chi connectivity index (χ1) is 11.3. The van der Waals surface area contributed by atoms with Gasteiger partial charge in [0.2, 0.25) is 0 Å². The van der Waals surface area contributed by atoms with E-state index in [0.717, 1.165) is 15.0 Å². The highest BCUT2D eigenvalue weighted by molar-refractivity contribution is 7.26. The van der Waals surface area contributed by atoms with Crippen LogP contribution in [0.5, 0.6) is 0 Å². The van der Waals surface area contributed by atoms with Gasteiger partial charge in [-0.25, -0.2) is 4.79 Å². The van der Waals surface area contributed by atoms with Gasteiger partial charge in [-0.2, -0.15) is 0 Å². The third-order valence-electron chi connectivity index (χ3n) is 3.96. The van der Waals surface area contributed by atoms with Crippen LogP contribution in [0.2, 0.25) is 0 Å². The highest BCUT2D eigenvalue weighted by atomic mass is 32.1. The number of hydrogen-bond donors (Lipinski definition) is 1. The maximum absolute atomic E-state index is 12.3. The van der Waals surface area contributed by atoms with E-state index in [2.05, 4.69) is 4.98 Å². The van der Waals surface area contributed by atoms with Gasteiger partial charge in [-0.3, -0.25) is 9.59 Å². The Labute approximate surface area is 142 Å². The zero-order chi connectivity index (χ0) is 17.6. The molecule has 0 aliphatic carbocycles. The molecule has 0 saturated heterocycles. The fraction of sp³-hybridized carbons (Fsp3) is 0.278. The van der Waals surface area contributed by atoms with E-state index in [-0.39, 0.29) is 18.0 Å². The van der Waals surface area contributed by atoms with Crippen LogP contribution in [0.25, 0.3) is 20.3 Å². The molecule has 6 heteroatoms. The van der Waals surface area contributed by atoms with Gasteiger partial charge in [-0.15, -0.1) is 11.3 Å². The summed E-state index contributed by atoms with van der Waals surface area (Å²) in [4.78, 5) is 39.2. The van der Waals surface area contributed by atoms with Crippen molar-refractivity contribution in [1.29, 1.82) is 0 Å². The average molecular weight is 343 g/mol. The molecule has 0 aliphatic heterocycles. The van der Waals surface area contributed by atoms with E-state index >= 15 is 0 Å². The minimum atomic E-state index is -0.428. The van der Waals surface area contributed by atoms with Crippen molar-refractivity contribution >= 4 is 43.4 Å². The van der Waals surface area contributed by atoms with E-state index in [4.69, 9.17) is 4.74 Å². The molecule has 24 heavy (non-hydrogen) atoms. The number of Topliss-reactive ketones (excluding diaryl/α,β-unsaturated/α-hetero) is 1. The first-order valence-electron chi connectivity index (χ1n) is 7.63. The molecule has 3 rings (SSSR count). The van der Waals surface area contributed by atoms with Gasteiger partial charge in [-0.05, 0) is 51.0 Å². The molecule has 0 atom stereocenters. The average Bonchev–Trinajstić information content (AvgIpc) is 2.84. The molecule has 1 aromatic carbocycles. The minimum absolute atomic E-state index is 0.170. The van der Waals surface area contributed by atoms with E-state index in [1.807, 2.05) is 13.0 Å². The third kappa shape index (κ3) is 2.43. The van der Waals surface area contributed by atoms with Gasteiger partial charge in [0, 0.05) is 10.1 Å². The summed E-state index contributed by atoms with van der Waals surface area (Å²) < 4.78 is 6.84. The fourth-order valence-electron chi connectivity index (χ4n) is 3.00. The first-order valence-corrected chi connectivity index (χ1v) is 8.44. The number of nitrogens with one attached hydrogen (secondary N) is 1. The number of fused-ring (bicyclic) bond motifs is 3. The second-order valence-electron chi connectivity index (χ2n) is 5.72. The number of H-pyrrole nitrogens is 1. The van der Waals surface area contributed by atoms with Gasteiger partial charge < -0.3 is 9.72 Å². The number of ketones is 1. The van der Waals surface area contributed by atoms with Crippen LogP contribution in [0.3, 0.4) is 0 Å². The SMILES string of the molecule is CCOC(=O)c1cc(C)cc2sc3c(C)c(C(C)=O)c(=O)[nH]c3c12. The van der Waals surface area contributed by atoms with Crippen LogP contribution >= 0.6 is 11.3 Å².